The molecular formula is C27H20Br2ClF3N4O4. The van der Waals surface area contributed by atoms with Gasteiger partial charge < -0.3 is 26.6 Å². The predicted octanol–water partition coefficient (Wildman–Crippen LogP) is 8.84. The normalized spacial score (nSPS) is 10.7. The van der Waals surface area contributed by atoms with Crippen LogP contribution in [0.25, 0.3) is 0 Å². The maximum absolute atomic E-state index is 12.9. The van der Waals surface area contributed by atoms with Crippen molar-refractivity contribution < 1.29 is 33.0 Å². The number of anilines is 4. The van der Waals surface area contributed by atoms with E-state index in [-0.39, 0.29) is 27.8 Å². The predicted molar refractivity (Wildman–Crippen MR) is 159 cm³/mol. The zero-order chi connectivity index (χ0) is 30.3. The van der Waals surface area contributed by atoms with E-state index in [4.69, 9.17) is 17.3 Å². The Morgan fingerprint density at radius 2 is 1.29 bits per heavy atom. The molecule has 8 nitrogen and oxygen atoms in total. The van der Waals surface area contributed by atoms with Crippen LogP contribution in [0, 0.1) is 0 Å². The molecule has 14 heteroatoms. The summed E-state index contributed by atoms with van der Waals surface area (Å²) in [7, 11) is 0. The number of carbonyl (C=O) groups excluding carboxylic acids is 2. The van der Waals surface area contributed by atoms with Crippen LogP contribution in [0.1, 0.15) is 5.56 Å². The van der Waals surface area contributed by atoms with Crippen LogP contribution in [0.3, 0.4) is 0 Å². The lowest BCUT2D eigenvalue weighted by molar-refractivity contribution is -0.138. The van der Waals surface area contributed by atoms with Gasteiger partial charge in [-0.1, -0.05) is 48.0 Å². The second-order valence-corrected chi connectivity index (χ2v) is 10.1. The summed E-state index contributed by atoms with van der Waals surface area (Å²) in [5, 5.41) is 24.9. The number of phenols is 2. The Morgan fingerprint density at radius 1 is 0.756 bits per heavy atom. The van der Waals surface area contributed by atoms with E-state index in [0.717, 1.165) is 21.5 Å². The number of urea groups is 2. The summed E-state index contributed by atoms with van der Waals surface area (Å²) in [6.07, 6.45) is -4.75. The van der Waals surface area contributed by atoms with Gasteiger partial charge in [-0.3, -0.25) is 4.90 Å². The molecule has 0 atom stereocenters. The highest BCUT2D eigenvalue weighted by Gasteiger charge is 2.36. The van der Waals surface area contributed by atoms with Crippen molar-refractivity contribution >= 4 is 78.3 Å². The van der Waals surface area contributed by atoms with Gasteiger partial charge >= 0.3 is 18.2 Å². The lowest BCUT2D eigenvalue weighted by atomic mass is 10.1. The summed E-state index contributed by atoms with van der Waals surface area (Å²) < 4.78 is 39.8. The second-order valence-electron chi connectivity index (χ2n) is 7.99. The van der Waals surface area contributed by atoms with Crippen LogP contribution in [0.4, 0.5) is 45.5 Å². The number of nitrogens with two attached hydrogens (primary N) is 1. The van der Waals surface area contributed by atoms with Crippen molar-refractivity contribution in [2.75, 3.05) is 15.5 Å². The molecule has 214 valence electrons. The van der Waals surface area contributed by atoms with Gasteiger partial charge in [0, 0.05) is 8.95 Å². The average Bonchev–Trinajstić information content (AvgIpc) is 2.90. The summed E-state index contributed by atoms with van der Waals surface area (Å²) in [5.74, 6) is -1.23. The minimum absolute atomic E-state index is 0.161. The first kappa shape index (κ1) is 31.6. The van der Waals surface area contributed by atoms with Gasteiger partial charge in [-0.05, 0) is 80.4 Å². The molecule has 6 N–H and O–H groups in total. The highest BCUT2D eigenvalue weighted by molar-refractivity contribution is 9.11. The van der Waals surface area contributed by atoms with Gasteiger partial charge in [0.1, 0.15) is 0 Å². The maximum atomic E-state index is 12.9. The molecule has 4 aromatic rings. The molecule has 0 radical (unpaired) electrons. The molecule has 0 aromatic heterocycles. The van der Waals surface area contributed by atoms with Crippen molar-refractivity contribution in [1.29, 1.82) is 0 Å². The third kappa shape index (κ3) is 8.06. The first-order chi connectivity index (χ1) is 19.3. The average molecular weight is 717 g/mol. The van der Waals surface area contributed by atoms with Crippen LogP contribution < -0.4 is 21.3 Å². The van der Waals surface area contributed by atoms with Crippen molar-refractivity contribution in [2.24, 2.45) is 5.73 Å². The van der Waals surface area contributed by atoms with Gasteiger partial charge in [0.15, 0.2) is 11.5 Å². The molecular weight excluding hydrogens is 697 g/mol. The zero-order valence-corrected chi connectivity index (χ0v) is 24.5. The van der Waals surface area contributed by atoms with Crippen molar-refractivity contribution in [3.8, 4) is 11.5 Å². The minimum Gasteiger partial charge on any atom is -0.505 e. The quantitative estimate of drug-likeness (QED) is 0.135. The fourth-order valence-corrected chi connectivity index (χ4v) is 4.42. The first-order valence-corrected chi connectivity index (χ1v) is 13.3. The molecule has 0 aliphatic heterocycles. The summed E-state index contributed by atoms with van der Waals surface area (Å²) >= 11 is 12.3. The number of alkyl halides is 3. The standard InChI is InChI=1S/C14H10BrF3N2O2.C13H10BrClN2O2/c15-9-5-1-2-6-10(9)20(13(19)22)11-7-3-4-8(12(11)21)14(16,17)18;14-8-4-1-2-6-10(8)16-13(19)17-11-7-3-5-9(15)12(11)18/h1-7,21H,(H2,19,22);1-7,18H,(H2,16,17,19). The highest BCUT2D eigenvalue weighted by Crippen LogP contribution is 2.44. The van der Waals surface area contributed by atoms with E-state index >= 15 is 0 Å². The van der Waals surface area contributed by atoms with Gasteiger partial charge in [0.2, 0.25) is 0 Å². The number of halogens is 6. The molecule has 0 fully saturated rings. The molecule has 4 aromatic carbocycles. The van der Waals surface area contributed by atoms with E-state index in [1.165, 1.54) is 18.2 Å². The molecule has 0 saturated heterocycles. The third-order valence-electron chi connectivity index (χ3n) is 5.23. The van der Waals surface area contributed by atoms with Crippen LogP contribution in [0.5, 0.6) is 11.5 Å². The Balaban J connectivity index is 0.000000228. The van der Waals surface area contributed by atoms with Crippen LogP contribution in [0.15, 0.2) is 93.9 Å². The van der Waals surface area contributed by atoms with Crippen molar-refractivity contribution in [3.63, 3.8) is 0 Å². The summed E-state index contributed by atoms with van der Waals surface area (Å²) in [4.78, 5) is 24.3. The monoisotopic (exact) mass is 714 g/mol. The van der Waals surface area contributed by atoms with E-state index in [1.807, 2.05) is 12.1 Å². The topological polar surface area (TPSA) is 128 Å². The van der Waals surface area contributed by atoms with Gasteiger partial charge in [-0.2, -0.15) is 13.2 Å². The maximum Gasteiger partial charge on any atom is 0.420 e. The molecule has 4 amide bonds. The number of aromatic hydroxyl groups is 2. The zero-order valence-electron chi connectivity index (χ0n) is 20.6. The van der Waals surface area contributed by atoms with E-state index < -0.39 is 29.6 Å². The number of nitrogens with one attached hydrogen (secondary N) is 2. The van der Waals surface area contributed by atoms with Crippen LogP contribution in [-0.4, -0.2) is 22.3 Å². The lowest BCUT2D eigenvalue weighted by Gasteiger charge is -2.24. The second kappa shape index (κ2) is 13.6. The van der Waals surface area contributed by atoms with Crippen LogP contribution in [-0.2, 0) is 6.18 Å². The van der Waals surface area contributed by atoms with Gasteiger partial charge in [-0.15, -0.1) is 0 Å². The largest absolute Gasteiger partial charge is 0.505 e. The van der Waals surface area contributed by atoms with Crippen molar-refractivity contribution in [2.45, 2.75) is 6.18 Å². The highest BCUT2D eigenvalue weighted by atomic mass is 79.9. The molecule has 0 spiro atoms. The summed E-state index contributed by atoms with van der Waals surface area (Å²) in [6, 6.07) is 19.7. The molecule has 0 unspecified atom stereocenters. The smallest absolute Gasteiger partial charge is 0.420 e. The Labute approximate surface area is 253 Å². The van der Waals surface area contributed by atoms with E-state index in [2.05, 4.69) is 42.5 Å². The summed E-state index contributed by atoms with van der Waals surface area (Å²) in [5.41, 5.74) is 4.76. The Hall–Kier alpha value is -3.94. The number of benzene rings is 4. The van der Waals surface area contributed by atoms with E-state index in [0.29, 0.717) is 10.2 Å². The fraction of sp³-hybridized carbons (Fsp3) is 0.0370. The number of nitrogens with zero attached hydrogens (tertiary/aromatic N) is 1. The van der Waals surface area contributed by atoms with Crippen LogP contribution in [0.2, 0.25) is 5.02 Å². The third-order valence-corrected chi connectivity index (χ3v) is 6.90. The number of amides is 4. The van der Waals surface area contributed by atoms with E-state index in [1.54, 1.807) is 42.5 Å². The van der Waals surface area contributed by atoms with Crippen molar-refractivity contribution in [3.05, 3.63) is 104 Å². The molecule has 0 aliphatic carbocycles. The molecule has 0 bridgehead atoms. The number of primary amides is 1. The Bertz CT molecular complexity index is 1570. The van der Waals surface area contributed by atoms with Crippen molar-refractivity contribution in [1.82, 2.24) is 0 Å². The number of hydrogen-bond acceptors (Lipinski definition) is 4. The number of carbonyl (C=O) groups is 2. The summed E-state index contributed by atoms with van der Waals surface area (Å²) in [6.45, 7) is 0. The molecule has 0 saturated carbocycles. The Morgan fingerprint density at radius 3 is 1.90 bits per heavy atom. The number of hydrogen-bond donors (Lipinski definition) is 5. The number of para-hydroxylation sites is 4. The minimum atomic E-state index is -4.75. The first-order valence-electron chi connectivity index (χ1n) is 11.3. The number of rotatable bonds is 4. The fourth-order valence-electron chi connectivity index (χ4n) is 3.40. The lowest BCUT2D eigenvalue weighted by Crippen LogP contribution is -2.32. The number of phenolic OH excluding ortho intramolecular Hbond substituents is 2. The van der Waals surface area contributed by atoms with Gasteiger partial charge in [-0.25, -0.2) is 9.59 Å². The molecule has 41 heavy (non-hydrogen) atoms. The van der Waals surface area contributed by atoms with Crippen LogP contribution >= 0.6 is 43.5 Å². The SMILES string of the molecule is NC(=O)N(c1ccccc1Br)c1cccc(C(F)(F)F)c1O.O=C(Nc1ccccc1Br)Nc1cccc(Cl)c1O. The molecule has 4 rings (SSSR count). The van der Waals surface area contributed by atoms with Gasteiger partial charge in [0.05, 0.1) is 33.3 Å². The molecule has 0 aliphatic rings. The Kier molecular flexibility index (Phi) is 10.5. The van der Waals surface area contributed by atoms with Gasteiger partial charge in [0.25, 0.3) is 0 Å². The van der Waals surface area contributed by atoms with E-state index in [9.17, 15) is 33.0 Å². The molecule has 0 heterocycles.